The van der Waals surface area contributed by atoms with Gasteiger partial charge in [0, 0.05) is 6.42 Å². The normalized spacial score (nSPS) is 11.9. The molecule has 0 bridgehead atoms. The number of ether oxygens (including phenoxy) is 2. The van der Waals surface area contributed by atoms with Crippen molar-refractivity contribution in [1.29, 1.82) is 0 Å². The van der Waals surface area contributed by atoms with Crippen LogP contribution in [0.4, 0.5) is 0 Å². The fraction of sp³-hybridized carbons (Fsp3) is 0.875. The first-order chi connectivity index (χ1) is 9.65. The Morgan fingerprint density at radius 2 is 1.40 bits per heavy atom. The zero-order valence-electron chi connectivity index (χ0n) is 13.3. The smallest absolute Gasteiger partial charge is 0.308 e. The molecule has 1 atom stereocenters. The number of rotatable bonds is 12. The van der Waals surface area contributed by atoms with Gasteiger partial charge in [0.25, 0.3) is 0 Å². The van der Waals surface area contributed by atoms with Gasteiger partial charge in [-0.2, -0.15) is 0 Å². The van der Waals surface area contributed by atoms with Crippen molar-refractivity contribution in [2.24, 2.45) is 5.92 Å². The molecule has 0 saturated heterocycles. The highest BCUT2D eigenvalue weighted by atomic mass is 16.5. The fourth-order valence-electron chi connectivity index (χ4n) is 2.30. The predicted octanol–water partition coefficient (Wildman–Crippen LogP) is 3.87. The van der Waals surface area contributed by atoms with E-state index in [4.69, 9.17) is 4.74 Å². The number of esters is 2. The van der Waals surface area contributed by atoms with Gasteiger partial charge in [0.15, 0.2) is 0 Å². The van der Waals surface area contributed by atoms with E-state index >= 15 is 0 Å². The van der Waals surface area contributed by atoms with Crippen molar-refractivity contribution in [3.05, 3.63) is 0 Å². The van der Waals surface area contributed by atoms with E-state index in [1.165, 1.54) is 39.9 Å². The second-order valence-corrected chi connectivity index (χ2v) is 5.22. The fourth-order valence-corrected chi connectivity index (χ4v) is 2.30. The lowest BCUT2D eigenvalue weighted by Gasteiger charge is -2.11. The second kappa shape index (κ2) is 12.9. The van der Waals surface area contributed by atoms with Gasteiger partial charge in [0.05, 0.1) is 20.1 Å². The number of carbonyl (C=O) groups is 2. The molecule has 118 valence electrons. The van der Waals surface area contributed by atoms with E-state index in [1.54, 1.807) is 0 Å². The molecule has 0 aromatic heterocycles. The van der Waals surface area contributed by atoms with Crippen molar-refractivity contribution in [1.82, 2.24) is 0 Å². The number of hydrogen-bond donors (Lipinski definition) is 0. The van der Waals surface area contributed by atoms with Crippen molar-refractivity contribution < 1.29 is 19.1 Å². The summed E-state index contributed by atoms with van der Waals surface area (Å²) in [6.45, 7) is 2.03. The molecule has 20 heavy (non-hydrogen) atoms. The molecule has 4 heteroatoms. The van der Waals surface area contributed by atoms with E-state index in [-0.39, 0.29) is 17.9 Å². The molecule has 0 aromatic rings. The van der Waals surface area contributed by atoms with Crippen molar-refractivity contribution >= 4 is 11.9 Å². The van der Waals surface area contributed by atoms with Gasteiger partial charge in [-0.05, 0) is 19.3 Å². The van der Waals surface area contributed by atoms with Gasteiger partial charge >= 0.3 is 11.9 Å². The van der Waals surface area contributed by atoms with Crippen molar-refractivity contribution in [3.8, 4) is 0 Å². The van der Waals surface area contributed by atoms with E-state index < -0.39 is 0 Å². The lowest BCUT2D eigenvalue weighted by molar-refractivity contribution is -0.146. The van der Waals surface area contributed by atoms with Gasteiger partial charge in [-0.25, -0.2) is 0 Å². The van der Waals surface area contributed by atoms with Crippen molar-refractivity contribution in [3.63, 3.8) is 0 Å². The topological polar surface area (TPSA) is 52.6 Å². The molecular weight excluding hydrogens is 256 g/mol. The summed E-state index contributed by atoms with van der Waals surface area (Å²) in [5.41, 5.74) is 0. The maximum atomic E-state index is 11.4. The monoisotopic (exact) mass is 286 g/mol. The van der Waals surface area contributed by atoms with Crippen LogP contribution in [0.25, 0.3) is 0 Å². The minimum absolute atomic E-state index is 0.0695. The Morgan fingerprint density at radius 1 is 0.850 bits per heavy atom. The van der Waals surface area contributed by atoms with Gasteiger partial charge in [-0.3, -0.25) is 9.59 Å². The molecule has 0 aromatic carbocycles. The average Bonchev–Trinajstić information content (AvgIpc) is 2.48. The van der Waals surface area contributed by atoms with Crippen LogP contribution < -0.4 is 0 Å². The van der Waals surface area contributed by atoms with E-state index in [0.29, 0.717) is 6.42 Å². The largest absolute Gasteiger partial charge is 0.469 e. The van der Waals surface area contributed by atoms with Crippen LogP contribution in [-0.2, 0) is 19.1 Å². The summed E-state index contributed by atoms with van der Waals surface area (Å²) >= 11 is 0. The predicted molar refractivity (Wildman–Crippen MR) is 79.4 cm³/mol. The summed E-state index contributed by atoms with van der Waals surface area (Å²) in [5, 5.41) is 0. The molecule has 0 radical (unpaired) electrons. The summed E-state index contributed by atoms with van der Waals surface area (Å²) in [5.74, 6) is -0.117. The third kappa shape index (κ3) is 9.82. The Kier molecular flexibility index (Phi) is 12.3. The molecule has 0 rings (SSSR count). The van der Waals surface area contributed by atoms with Gasteiger partial charge in [0.2, 0.25) is 0 Å². The molecule has 0 fully saturated rings. The highest BCUT2D eigenvalue weighted by molar-refractivity contribution is 5.72. The van der Waals surface area contributed by atoms with Crippen LogP contribution in [0.15, 0.2) is 0 Å². The molecule has 0 aliphatic rings. The quantitative estimate of drug-likeness (QED) is 0.404. The minimum Gasteiger partial charge on any atom is -0.469 e. The summed E-state index contributed by atoms with van der Waals surface area (Å²) in [7, 11) is 2.89. The van der Waals surface area contributed by atoms with Gasteiger partial charge in [0.1, 0.15) is 0 Å². The molecule has 1 unspecified atom stereocenters. The highest BCUT2D eigenvalue weighted by Gasteiger charge is 2.15. The van der Waals surface area contributed by atoms with Crippen LogP contribution in [0.1, 0.15) is 71.1 Å². The first-order valence-electron chi connectivity index (χ1n) is 7.80. The maximum Gasteiger partial charge on any atom is 0.308 e. The van der Waals surface area contributed by atoms with Crippen molar-refractivity contribution in [2.75, 3.05) is 14.2 Å². The number of carbonyl (C=O) groups excluding carboxylic acids is 2. The van der Waals surface area contributed by atoms with E-state index in [0.717, 1.165) is 32.1 Å². The van der Waals surface area contributed by atoms with Crippen LogP contribution in [0.5, 0.6) is 0 Å². The van der Waals surface area contributed by atoms with Crippen LogP contribution in [0, 0.1) is 5.92 Å². The summed E-state index contributed by atoms with van der Waals surface area (Å²) in [6.07, 6.45) is 10.2. The number of hydrogen-bond acceptors (Lipinski definition) is 4. The lowest BCUT2D eigenvalue weighted by atomic mass is 9.98. The molecular formula is C16H30O4. The number of unbranched alkanes of at least 4 members (excludes halogenated alkanes) is 6. The van der Waals surface area contributed by atoms with Crippen LogP contribution in [0.2, 0.25) is 0 Å². The van der Waals surface area contributed by atoms with E-state index in [1.807, 2.05) is 6.92 Å². The third-order valence-electron chi connectivity index (χ3n) is 3.69. The Bertz CT molecular complexity index is 263. The molecule has 0 spiro atoms. The SMILES string of the molecule is CCC(CCCCCCCCCC(=O)OC)C(=O)OC. The Balaban J connectivity index is 3.36. The van der Waals surface area contributed by atoms with Crippen LogP contribution in [-0.4, -0.2) is 26.2 Å². The summed E-state index contributed by atoms with van der Waals surface area (Å²) in [6, 6.07) is 0. The second-order valence-electron chi connectivity index (χ2n) is 5.22. The molecule has 0 heterocycles. The van der Waals surface area contributed by atoms with Crippen LogP contribution in [0.3, 0.4) is 0 Å². The van der Waals surface area contributed by atoms with E-state index in [9.17, 15) is 9.59 Å². The van der Waals surface area contributed by atoms with Crippen molar-refractivity contribution in [2.45, 2.75) is 71.1 Å². The molecule has 0 saturated carbocycles. The Morgan fingerprint density at radius 3 is 1.90 bits per heavy atom. The van der Waals surface area contributed by atoms with Gasteiger partial charge in [-0.15, -0.1) is 0 Å². The highest BCUT2D eigenvalue weighted by Crippen LogP contribution is 2.16. The van der Waals surface area contributed by atoms with Crippen LogP contribution >= 0.6 is 0 Å². The minimum atomic E-state index is -0.113. The molecule has 4 nitrogen and oxygen atoms in total. The first-order valence-corrected chi connectivity index (χ1v) is 7.80. The Hall–Kier alpha value is -1.06. The number of methoxy groups -OCH3 is 2. The Labute approximate surface area is 123 Å². The third-order valence-corrected chi connectivity index (χ3v) is 3.69. The zero-order valence-corrected chi connectivity index (χ0v) is 13.3. The average molecular weight is 286 g/mol. The molecule has 0 aliphatic carbocycles. The first kappa shape index (κ1) is 18.9. The lowest BCUT2D eigenvalue weighted by Crippen LogP contribution is -2.15. The van der Waals surface area contributed by atoms with E-state index in [2.05, 4.69) is 4.74 Å². The zero-order chi connectivity index (χ0) is 15.2. The van der Waals surface area contributed by atoms with Gasteiger partial charge in [-0.1, -0.05) is 45.4 Å². The molecule has 0 aliphatic heterocycles. The van der Waals surface area contributed by atoms with Gasteiger partial charge < -0.3 is 9.47 Å². The molecule has 0 N–H and O–H groups in total. The molecule has 0 amide bonds. The summed E-state index contributed by atoms with van der Waals surface area (Å²) < 4.78 is 9.37. The standard InChI is InChI=1S/C16H30O4/c1-4-14(16(18)20-3)12-10-8-6-5-7-9-11-13-15(17)19-2/h14H,4-13H2,1-3H3. The summed E-state index contributed by atoms with van der Waals surface area (Å²) in [4.78, 5) is 22.3. The maximum absolute atomic E-state index is 11.4.